The fraction of sp³-hybridized carbons (Fsp3) is 0.214. The van der Waals surface area contributed by atoms with E-state index in [0.29, 0.717) is 20.5 Å². The van der Waals surface area contributed by atoms with Crippen LogP contribution in [0.3, 0.4) is 0 Å². The number of hydrogen-bond acceptors (Lipinski definition) is 6. The Balaban J connectivity index is 2.43. The number of thiocarbonyl (C=S) groups is 1. The number of thioether (sulfide) groups is 1. The lowest BCUT2D eigenvalue weighted by molar-refractivity contribution is -0.144. The molecule has 116 valence electrons. The van der Waals surface area contributed by atoms with Crippen molar-refractivity contribution in [3.63, 3.8) is 0 Å². The summed E-state index contributed by atoms with van der Waals surface area (Å²) in [4.78, 5) is 23.1. The van der Waals surface area contributed by atoms with Crippen molar-refractivity contribution in [1.29, 1.82) is 0 Å². The second kappa shape index (κ2) is 6.80. The van der Waals surface area contributed by atoms with Crippen molar-refractivity contribution in [2.45, 2.75) is 13.0 Å². The van der Waals surface area contributed by atoms with Gasteiger partial charge in [0.05, 0.1) is 12.0 Å². The molecule has 1 aliphatic heterocycles. The normalized spacial score (nSPS) is 17.3. The third-order valence-electron chi connectivity index (χ3n) is 2.80. The molecule has 1 saturated heterocycles. The molecule has 1 atom stereocenters. The molecule has 0 unspecified atom stereocenters. The molecule has 0 aliphatic carbocycles. The first-order valence-electron chi connectivity index (χ1n) is 6.23. The van der Waals surface area contributed by atoms with Crippen LogP contribution in [0.25, 0.3) is 6.08 Å². The number of hydrogen-bond donors (Lipinski definition) is 2. The highest BCUT2D eigenvalue weighted by molar-refractivity contribution is 8.26. The number of methoxy groups -OCH3 is 1. The van der Waals surface area contributed by atoms with E-state index in [1.807, 2.05) is 0 Å². The first-order chi connectivity index (χ1) is 10.4. The molecule has 6 nitrogen and oxygen atoms in total. The van der Waals surface area contributed by atoms with Crippen LogP contribution in [0, 0.1) is 0 Å². The maximum atomic E-state index is 11.7. The molecule has 8 heteroatoms. The quantitative estimate of drug-likeness (QED) is 0.627. The molecule has 2 rings (SSSR count). The van der Waals surface area contributed by atoms with E-state index < -0.39 is 12.1 Å². The molecule has 0 bridgehead atoms. The summed E-state index contributed by atoms with van der Waals surface area (Å²) in [5, 5.41) is 11.5. The van der Waals surface area contributed by atoms with Crippen molar-refractivity contribution in [3.05, 3.63) is 28.7 Å². The Labute approximate surface area is 136 Å². The Kier molecular flexibility index (Phi) is 5.04. The van der Waals surface area contributed by atoms with Crippen LogP contribution in [0.2, 0.25) is 0 Å². The van der Waals surface area contributed by atoms with Gasteiger partial charge in [-0.25, -0.2) is 4.79 Å². The smallest absolute Gasteiger partial charge is 0.344 e. The number of carbonyl (C=O) groups excluding carboxylic acids is 1. The lowest BCUT2D eigenvalue weighted by atomic mass is 10.1. The van der Waals surface area contributed by atoms with Crippen molar-refractivity contribution >= 4 is 46.3 Å². The minimum Gasteiger partial charge on any atom is -0.493 e. The van der Waals surface area contributed by atoms with Crippen molar-refractivity contribution in [2.24, 2.45) is 0 Å². The minimum absolute atomic E-state index is 0.263. The van der Waals surface area contributed by atoms with E-state index in [-0.39, 0.29) is 11.7 Å². The number of benzene rings is 1. The molecule has 0 radical (unpaired) electrons. The summed E-state index contributed by atoms with van der Waals surface area (Å²) in [5.74, 6) is -0.749. The third-order valence-corrected chi connectivity index (χ3v) is 3.96. The van der Waals surface area contributed by atoms with Crippen molar-refractivity contribution in [3.8, 4) is 11.5 Å². The number of ether oxygens (including phenoxy) is 2. The molecule has 22 heavy (non-hydrogen) atoms. The van der Waals surface area contributed by atoms with Gasteiger partial charge in [-0.3, -0.25) is 4.79 Å². The Bertz CT molecular complexity index is 671. The van der Waals surface area contributed by atoms with Gasteiger partial charge in [-0.1, -0.05) is 36.1 Å². The SMILES string of the molecule is COc1cccc(/C=C2/SC(=S)NC2=O)c1O[C@H](C)C(=O)O. The first-order valence-corrected chi connectivity index (χ1v) is 7.46. The highest BCUT2D eigenvalue weighted by Gasteiger charge is 2.24. The highest BCUT2D eigenvalue weighted by Crippen LogP contribution is 2.35. The Morgan fingerprint density at radius 1 is 1.50 bits per heavy atom. The number of amides is 1. The predicted molar refractivity (Wildman–Crippen MR) is 87.0 cm³/mol. The number of aliphatic carboxylic acids is 1. The molecule has 1 fully saturated rings. The average molecular weight is 339 g/mol. The monoisotopic (exact) mass is 339 g/mol. The lowest BCUT2D eigenvalue weighted by Crippen LogP contribution is -2.23. The van der Waals surface area contributed by atoms with E-state index >= 15 is 0 Å². The van der Waals surface area contributed by atoms with Gasteiger partial charge < -0.3 is 19.9 Å². The molecule has 1 aliphatic rings. The summed E-state index contributed by atoms with van der Waals surface area (Å²) in [6.45, 7) is 1.41. The molecular formula is C14H13NO5S2. The van der Waals surface area contributed by atoms with Crippen molar-refractivity contribution in [1.82, 2.24) is 5.32 Å². The largest absolute Gasteiger partial charge is 0.493 e. The highest BCUT2D eigenvalue weighted by atomic mass is 32.2. The van der Waals surface area contributed by atoms with E-state index in [4.69, 9.17) is 26.8 Å². The number of nitrogens with one attached hydrogen (secondary N) is 1. The molecular weight excluding hydrogens is 326 g/mol. The molecule has 2 N–H and O–H groups in total. The third kappa shape index (κ3) is 3.58. The predicted octanol–water partition coefficient (Wildman–Crippen LogP) is 2.04. The maximum Gasteiger partial charge on any atom is 0.344 e. The fourth-order valence-corrected chi connectivity index (χ4v) is 2.76. The zero-order valence-corrected chi connectivity index (χ0v) is 13.4. The van der Waals surface area contributed by atoms with Gasteiger partial charge in [-0.05, 0) is 19.1 Å². The molecule has 1 aromatic carbocycles. The lowest BCUT2D eigenvalue weighted by Gasteiger charge is -2.16. The van der Waals surface area contributed by atoms with Gasteiger partial charge in [0.1, 0.15) is 4.32 Å². The van der Waals surface area contributed by atoms with Gasteiger partial charge in [0.15, 0.2) is 17.6 Å². The van der Waals surface area contributed by atoms with Crippen LogP contribution < -0.4 is 14.8 Å². The van der Waals surface area contributed by atoms with Crippen LogP contribution in [0.5, 0.6) is 11.5 Å². The van der Waals surface area contributed by atoms with Gasteiger partial charge in [-0.2, -0.15) is 0 Å². The number of para-hydroxylation sites is 1. The van der Waals surface area contributed by atoms with E-state index in [9.17, 15) is 9.59 Å². The molecule has 1 aromatic rings. The molecule has 0 saturated carbocycles. The van der Waals surface area contributed by atoms with E-state index in [1.54, 1.807) is 24.3 Å². The summed E-state index contributed by atoms with van der Waals surface area (Å²) >= 11 is 6.07. The van der Waals surface area contributed by atoms with E-state index in [1.165, 1.54) is 14.0 Å². The number of rotatable bonds is 5. The summed E-state index contributed by atoms with van der Waals surface area (Å²) in [6.07, 6.45) is 0.533. The fourth-order valence-electron chi connectivity index (χ4n) is 1.72. The van der Waals surface area contributed by atoms with E-state index in [2.05, 4.69) is 5.32 Å². The molecule has 0 aromatic heterocycles. The van der Waals surface area contributed by atoms with Crippen molar-refractivity contribution < 1.29 is 24.2 Å². The van der Waals surface area contributed by atoms with Gasteiger partial charge in [0.2, 0.25) is 0 Å². The first kappa shape index (κ1) is 16.3. The Morgan fingerprint density at radius 2 is 2.23 bits per heavy atom. The Hall–Kier alpha value is -2.06. The van der Waals surface area contributed by atoms with Crippen LogP contribution in [-0.4, -0.2) is 34.5 Å². The zero-order valence-electron chi connectivity index (χ0n) is 11.8. The average Bonchev–Trinajstić information content (AvgIpc) is 2.78. The van der Waals surface area contributed by atoms with Gasteiger partial charge >= 0.3 is 5.97 Å². The zero-order chi connectivity index (χ0) is 16.3. The molecule has 1 heterocycles. The molecule has 0 spiro atoms. The van der Waals surface area contributed by atoms with Gasteiger partial charge in [-0.15, -0.1) is 0 Å². The van der Waals surface area contributed by atoms with E-state index in [0.717, 1.165) is 11.8 Å². The van der Waals surface area contributed by atoms with Crippen LogP contribution >= 0.6 is 24.0 Å². The second-order valence-electron chi connectivity index (χ2n) is 4.33. The summed E-state index contributed by atoms with van der Waals surface area (Å²) in [6, 6.07) is 5.08. The summed E-state index contributed by atoms with van der Waals surface area (Å²) < 4.78 is 11.0. The summed E-state index contributed by atoms with van der Waals surface area (Å²) in [7, 11) is 1.46. The van der Waals surface area contributed by atoms with Gasteiger partial charge in [0, 0.05) is 5.56 Å². The van der Waals surface area contributed by atoms with Crippen LogP contribution in [0.4, 0.5) is 0 Å². The van der Waals surface area contributed by atoms with Crippen LogP contribution in [0.1, 0.15) is 12.5 Å². The van der Waals surface area contributed by atoms with Crippen LogP contribution in [-0.2, 0) is 9.59 Å². The minimum atomic E-state index is -1.10. The second-order valence-corrected chi connectivity index (χ2v) is 6.05. The topological polar surface area (TPSA) is 84.9 Å². The number of carboxylic acid groups (broad SMARTS) is 1. The standard InChI is InChI=1S/C14H13NO5S2/c1-7(13(17)18)20-11-8(4-3-5-9(11)19-2)6-10-12(16)15-14(21)22-10/h3-7H,1-2H3,(H,17,18)(H,15,16,21)/b10-6+/t7-/m1/s1. The number of carbonyl (C=O) groups is 2. The molecule has 1 amide bonds. The number of carboxylic acids is 1. The maximum absolute atomic E-state index is 11.7. The summed E-state index contributed by atoms with van der Waals surface area (Å²) in [5.41, 5.74) is 0.537. The van der Waals surface area contributed by atoms with Crippen LogP contribution in [0.15, 0.2) is 23.1 Å². The Morgan fingerprint density at radius 3 is 2.77 bits per heavy atom. The van der Waals surface area contributed by atoms with Gasteiger partial charge in [0.25, 0.3) is 5.91 Å². The van der Waals surface area contributed by atoms with Crippen molar-refractivity contribution in [2.75, 3.05) is 7.11 Å².